The molecule has 4 aliphatic heterocycles. The molecule has 4 aliphatic rings. The van der Waals surface area contributed by atoms with Crippen LogP contribution >= 0.6 is 0 Å². The molecule has 0 fully saturated rings. The predicted molar refractivity (Wildman–Crippen MR) is 376 cm³/mol. The fourth-order valence-corrected chi connectivity index (χ4v) is 13.9. The van der Waals surface area contributed by atoms with E-state index in [4.69, 9.17) is 14.2 Å². The van der Waals surface area contributed by atoms with Gasteiger partial charge in [-0.3, -0.25) is 38.4 Å². The van der Waals surface area contributed by atoms with Gasteiger partial charge in [0.05, 0.1) is 67.3 Å². The number of hydrogen-bond donors (Lipinski definition) is 1. The van der Waals surface area contributed by atoms with Gasteiger partial charge in [0.15, 0.2) is 0 Å². The van der Waals surface area contributed by atoms with Gasteiger partial charge in [-0.15, -0.1) is 0 Å². The Bertz CT molecular complexity index is 5020. The van der Waals surface area contributed by atoms with Crippen molar-refractivity contribution in [2.45, 2.75) is 96.7 Å². The number of fused-ring (bicyclic) bond motifs is 4. The molecule has 99 heavy (non-hydrogen) atoms. The quantitative estimate of drug-likeness (QED) is 0.0753. The van der Waals surface area contributed by atoms with Gasteiger partial charge in [-0.05, 0) is 194 Å². The van der Waals surface area contributed by atoms with E-state index in [2.05, 4.69) is 46.8 Å². The van der Waals surface area contributed by atoms with E-state index in [1.54, 1.807) is 121 Å². The molecule has 4 heterocycles. The molecule has 2 unspecified atom stereocenters. The van der Waals surface area contributed by atoms with Gasteiger partial charge in [0, 0.05) is 10.8 Å². The predicted octanol–water partition coefficient (Wildman–Crippen LogP) is 16.8. The van der Waals surface area contributed by atoms with E-state index in [-0.39, 0.29) is 78.4 Å². The van der Waals surface area contributed by atoms with Crippen LogP contribution in [0.25, 0.3) is 0 Å². The van der Waals surface area contributed by atoms with Crippen LogP contribution in [-0.2, 0) is 22.0 Å². The molecule has 16 heteroatoms. The highest BCUT2D eigenvalue weighted by Gasteiger charge is 2.44. The van der Waals surface area contributed by atoms with Gasteiger partial charge in [0.2, 0.25) is 0 Å². The van der Waals surface area contributed by atoms with Gasteiger partial charge in [-0.1, -0.05) is 139 Å². The normalized spacial score (nSPS) is 15.5. The molecule has 0 spiro atoms. The fourth-order valence-electron chi connectivity index (χ4n) is 13.9. The van der Waals surface area contributed by atoms with Crippen molar-refractivity contribution in [1.29, 1.82) is 0 Å². The number of benzene rings is 10. The van der Waals surface area contributed by atoms with Crippen LogP contribution in [0.1, 0.15) is 191 Å². The Hall–Kier alpha value is -12.0. The number of carbonyl (C=O) groups excluding carboxylic acids is 8. The number of aromatic hydroxyl groups is 1. The van der Waals surface area contributed by atoms with Gasteiger partial charge in [0.25, 0.3) is 47.3 Å². The van der Waals surface area contributed by atoms with Crippen molar-refractivity contribution in [1.82, 2.24) is 0 Å². The van der Waals surface area contributed by atoms with Gasteiger partial charge in [0.1, 0.15) is 39.9 Å². The molecule has 10 aromatic rings. The number of carbonyl (C=O) groups is 8. The molecule has 2 atom stereocenters. The summed E-state index contributed by atoms with van der Waals surface area (Å²) in [5.74, 6) is -2.30. The van der Waals surface area contributed by atoms with E-state index in [0.717, 1.165) is 53.8 Å². The summed E-state index contributed by atoms with van der Waals surface area (Å²) >= 11 is 0. The van der Waals surface area contributed by atoms with E-state index in [9.17, 15) is 43.5 Å². The third-order valence-electron chi connectivity index (χ3n) is 20.0. The highest BCUT2D eigenvalue weighted by atomic mass is 16.5. The SMILES string of the molecule is CCCC(C)(Oc1ccc2c(c1)C(=O)N(c1cccc(N3C(=O)c4ccccc4C3=O)c1)C2=O)c1ccc(C(C)(C)c2ccc(Oc3ccc4c(c3)C(=O)N(c3cccc(N5C(=O)c6ccc(C(C)(CC)Oc7ccc(C(C)(C)c8ccc(O)cc8)cc7)cc6C5=O)c3)C4=O)cc2)cc1. The number of ether oxygens (including phenoxy) is 3. The summed E-state index contributed by atoms with van der Waals surface area (Å²) in [5.41, 5.74) is 5.60. The van der Waals surface area contributed by atoms with Crippen molar-refractivity contribution in [3.8, 4) is 28.7 Å². The summed E-state index contributed by atoms with van der Waals surface area (Å²) in [7, 11) is 0. The molecule has 0 radical (unpaired) electrons. The van der Waals surface area contributed by atoms with Crippen LogP contribution < -0.4 is 33.8 Å². The number of rotatable bonds is 19. The lowest BCUT2D eigenvalue weighted by Gasteiger charge is -2.32. The smallest absolute Gasteiger partial charge is 0.266 e. The minimum atomic E-state index is -0.886. The minimum absolute atomic E-state index is 0.128. The topological polar surface area (TPSA) is 197 Å². The molecule has 492 valence electrons. The van der Waals surface area contributed by atoms with Crippen LogP contribution in [0.3, 0.4) is 0 Å². The molecule has 14 rings (SSSR count). The molecule has 0 saturated carbocycles. The first-order valence-corrected chi connectivity index (χ1v) is 32.9. The average molecular weight is 1310 g/mol. The Morgan fingerprint density at radius 1 is 0.303 bits per heavy atom. The Kier molecular flexibility index (Phi) is 15.8. The number of imide groups is 4. The van der Waals surface area contributed by atoms with Crippen LogP contribution in [0, 0.1) is 0 Å². The Labute approximate surface area is 572 Å². The molecular formula is C83H68N4O12. The van der Waals surface area contributed by atoms with Crippen molar-refractivity contribution >= 4 is 70.0 Å². The Morgan fingerprint density at radius 3 is 1.06 bits per heavy atom. The van der Waals surface area contributed by atoms with Crippen molar-refractivity contribution < 1.29 is 57.7 Å². The highest BCUT2D eigenvalue weighted by Crippen LogP contribution is 2.44. The van der Waals surface area contributed by atoms with Gasteiger partial charge in [-0.2, -0.15) is 0 Å². The first-order chi connectivity index (χ1) is 47.4. The van der Waals surface area contributed by atoms with E-state index < -0.39 is 63.9 Å². The monoisotopic (exact) mass is 1310 g/mol. The molecule has 8 amide bonds. The second kappa shape index (κ2) is 24.2. The summed E-state index contributed by atoms with van der Waals surface area (Å²) in [5, 5.41) is 9.85. The van der Waals surface area contributed by atoms with Crippen molar-refractivity contribution in [2.24, 2.45) is 0 Å². The lowest BCUT2D eigenvalue weighted by Crippen LogP contribution is -2.31. The van der Waals surface area contributed by atoms with Gasteiger partial charge >= 0.3 is 0 Å². The maximum Gasteiger partial charge on any atom is 0.266 e. The van der Waals surface area contributed by atoms with Gasteiger partial charge < -0.3 is 19.3 Å². The zero-order chi connectivity index (χ0) is 69.6. The number of phenolic OH excluding ortho intramolecular Hbond substituents is 1. The molecule has 0 aromatic heterocycles. The number of phenols is 1. The van der Waals surface area contributed by atoms with Crippen molar-refractivity contribution in [3.05, 3.63) is 302 Å². The largest absolute Gasteiger partial charge is 0.508 e. The average Bonchev–Trinajstić information content (AvgIpc) is 1.62. The lowest BCUT2D eigenvalue weighted by molar-refractivity contribution is 0.0757. The number of nitrogens with zero attached hydrogens (tertiary/aromatic N) is 4. The molecular weight excluding hydrogens is 1240 g/mol. The molecule has 0 saturated heterocycles. The Balaban J connectivity index is 0.618. The van der Waals surface area contributed by atoms with Crippen LogP contribution in [0.4, 0.5) is 22.7 Å². The fraction of sp³-hybridized carbons (Fsp3) is 0.181. The van der Waals surface area contributed by atoms with Crippen LogP contribution in [-0.4, -0.2) is 52.4 Å². The molecule has 10 aromatic carbocycles. The van der Waals surface area contributed by atoms with E-state index in [1.807, 2.05) is 93.6 Å². The van der Waals surface area contributed by atoms with Crippen LogP contribution in [0.5, 0.6) is 28.7 Å². The maximum atomic E-state index is 14.3. The van der Waals surface area contributed by atoms with Crippen LogP contribution in [0.2, 0.25) is 0 Å². The number of anilines is 4. The van der Waals surface area contributed by atoms with E-state index >= 15 is 0 Å². The minimum Gasteiger partial charge on any atom is -0.508 e. The summed E-state index contributed by atoms with van der Waals surface area (Å²) in [6.45, 7) is 16.5. The summed E-state index contributed by atoms with van der Waals surface area (Å²) in [6, 6.07) is 64.7. The summed E-state index contributed by atoms with van der Waals surface area (Å²) in [6.07, 6.45) is 1.94. The molecule has 0 aliphatic carbocycles. The first kappa shape index (κ1) is 64.3. The number of amides is 8. The second-order valence-corrected chi connectivity index (χ2v) is 26.8. The molecule has 0 bridgehead atoms. The van der Waals surface area contributed by atoms with E-state index in [1.165, 1.54) is 18.2 Å². The molecule has 16 nitrogen and oxygen atoms in total. The van der Waals surface area contributed by atoms with Crippen molar-refractivity contribution in [3.63, 3.8) is 0 Å². The van der Waals surface area contributed by atoms with Crippen LogP contribution in [0.15, 0.2) is 224 Å². The molecule has 1 N–H and O–H groups in total. The lowest BCUT2D eigenvalue weighted by atomic mass is 9.77. The third-order valence-corrected chi connectivity index (χ3v) is 20.0. The summed E-state index contributed by atoms with van der Waals surface area (Å²) < 4.78 is 19.8. The standard InChI is InChI=1S/C83H68N4O12/c1-9-43-83(8,99-63-39-42-68-71(48-63)79(96)87(76(68)93)57-17-13-15-55(45-57)84-72(89)64-19-11-12-20-65(64)73(84)90)53-23-21-49(22-24-53)80(3,4)51-27-34-60(35-28-51)97-62-38-41-67-70(47-62)78(95)86(75(67)92)58-18-14-16-56(46-58)85-74(91)66-40-31-54(44-69(66)77(85)94)82(7,10-2)98-61-36-29-52(30-37-61)81(5,6)50-25-32-59(88)33-26-50/h11-42,44-48,88H,9-10,43H2,1-8H3. The van der Waals surface area contributed by atoms with E-state index in [0.29, 0.717) is 41.4 Å². The Morgan fingerprint density at radius 2 is 0.626 bits per heavy atom. The second-order valence-electron chi connectivity index (χ2n) is 26.8. The number of hydrogen-bond acceptors (Lipinski definition) is 12. The third kappa shape index (κ3) is 11.0. The first-order valence-electron chi connectivity index (χ1n) is 32.9. The summed E-state index contributed by atoms with van der Waals surface area (Å²) in [4.78, 5) is 116. The zero-order valence-electron chi connectivity index (χ0n) is 55.7. The van der Waals surface area contributed by atoms with Gasteiger partial charge in [-0.25, -0.2) is 19.6 Å². The van der Waals surface area contributed by atoms with Crippen molar-refractivity contribution in [2.75, 3.05) is 19.6 Å². The maximum absolute atomic E-state index is 14.3. The zero-order valence-corrected chi connectivity index (χ0v) is 55.7. The highest BCUT2D eigenvalue weighted by molar-refractivity contribution is 6.38.